The molecule has 1 rings (SSSR count). The molecule has 0 aliphatic carbocycles. The molecule has 0 unspecified atom stereocenters. The molecule has 0 heterocycles. The minimum Gasteiger partial charge on any atom is -0.467 e. The molecule has 0 spiro atoms. The first-order valence-electron chi connectivity index (χ1n) is 10.1. The molecule has 0 saturated carbocycles. The minimum atomic E-state index is -5.21. The highest BCUT2D eigenvalue weighted by atomic mass is 19.4. The summed E-state index contributed by atoms with van der Waals surface area (Å²) in [6, 6.07) is 4.45. The summed E-state index contributed by atoms with van der Waals surface area (Å²) in [5.41, 5.74) is -2.95. The number of halogens is 6. The largest absolute Gasteiger partial charge is 0.467 e. The quantitative estimate of drug-likeness (QED) is 0.175. The van der Waals surface area contributed by atoms with E-state index in [1.807, 2.05) is 0 Å². The van der Waals surface area contributed by atoms with Gasteiger partial charge in [-0.2, -0.15) is 26.3 Å². The fourth-order valence-electron chi connectivity index (χ4n) is 2.87. The van der Waals surface area contributed by atoms with Gasteiger partial charge in [0.15, 0.2) is 0 Å². The van der Waals surface area contributed by atoms with Gasteiger partial charge < -0.3 is 14.8 Å². The average molecular weight is 509 g/mol. The van der Waals surface area contributed by atoms with Crippen LogP contribution in [0.4, 0.5) is 31.1 Å². The molecule has 6 nitrogen and oxygen atoms in total. The Hall–Kier alpha value is -3.31. The standard InChI is InChI=1S/C23H25F6NO5/c1-21(2,3)35-20(33)30-18(19(32)34-4)12-15-7-5-6-14(10-15)11-16(13-31)17(23(27,28)29)8-9-22(24,25)26/h5-10,13,18H,11-12H2,1-4H3,(H,30,33)/b9-8?,17-16+/t18-/m0/s1. The number of alkyl halides is 6. The van der Waals surface area contributed by atoms with Gasteiger partial charge in [-0.3, -0.25) is 4.79 Å². The Morgan fingerprint density at radius 2 is 1.66 bits per heavy atom. The van der Waals surface area contributed by atoms with Gasteiger partial charge >= 0.3 is 24.4 Å². The Kier molecular flexibility index (Phi) is 10.1. The molecule has 1 aromatic rings. The lowest BCUT2D eigenvalue weighted by Crippen LogP contribution is -2.45. The number of nitrogens with one attached hydrogen (secondary N) is 1. The van der Waals surface area contributed by atoms with Crippen molar-refractivity contribution < 1.29 is 50.2 Å². The van der Waals surface area contributed by atoms with E-state index in [2.05, 4.69) is 10.1 Å². The monoisotopic (exact) mass is 509 g/mol. The highest BCUT2D eigenvalue weighted by Crippen LogP contribution is 2.31. The Bertz CT molecular complexity index is 974. The number of methoxy groups -OCH3 is 1. The average Bonchev–Trinajstić information content (AvgIpc) is 2.69. The number of rotatable bonds is 8. The van der Waals surface area contributed by atoms with E-state index in [1.165, 1.54) is 24.3 Å². The topological polar surface area (TPSA) is 81.7 Å². The predicted octanol–water partition coefficient (Wildman–Crippen LogP) is 5.01. The Balaban J connectivity index is 3.24. The molecule has 194 valence electrons. The first-order valence-corrected chi connectivity index (χ1v) is 10.1. The maximum Gasteiger partial charge on any atom is 0.416 e. The lowest BCUT2D eigenvalue weighted by molar-refractivity contribution is -0.143. The summed E-state index contributed by atoms with van der Waals surface area (Å²) in [5, 5.41) is 2.35. The normalized spacial score (nSPS) is 14.2. The van der Waals surface area contributed by atoms with E-state index in [-0.39, 0.29) is 24.3 Å². The third-order valence-corrected chi connectivity index (χ3v) is 4.24. The molecule has 0 fully saturated rings. The minimum absolute atomic E-state index is 0.139. The molecule has 1 aromatic carbocycles. The first-order chi connectivity index (χ1) is 15.9. The van der Waals surface area contributed by atoms with E-state index in [0.717, 1.165) is 7.11 Å². The number of amides is 1. The number of alkyl carbamates (subject to hydrolysis) is 1. The van der Waals surface area contributed by atoms with Crippen LogP contribution in [-0.4, -0.2) is 49.5 Å². The summed E-state index contributed by atoms with van der Waals surface area (Å²) >= 11 is 0. The molecular weight excluding hydrogens is 484 g/mol. The van der Waals surface area contributed by atoms with Gasteiger partial charge in [0, 0.05) is 24.5 Å². The summed E-state index contributed by atoms with van der Waals surface area (Å²) in [6.45, 7) is 4.83. The molecule has 0 bridgehead atoms. The molecule has 0 aliphatic rings. The van der Waals surface area contributed by atoms with Crippen LogP contribution in [0, 0.1) is 0 Å². The van der Waals surface area contributed by atoms with Crippen LogP contribution in [0.15, 0.2) is 47.6 Å². The number of hydrogen-bond acceptors (Lipinski definition) is 5. The zero-order valence-corrected chi connectivity index (χ0v) is 19.3. The van der Waals surface area contributed by atoms with Gasteiger partial charge in [-0.05, 0) is 38.0 Å². The lowest BCUT2D eigenvalue weighted by Gasteiger charge is -2.22. The van der Waals surface area contributed by atoms with E-state index in [1.54, 1.807) is 20.8 Å². The number of aldehydes is 1. The first kappa shape index (κ1) is 29.7. The number of allylic oxidation sites excluding steroid dienone is 4. The van der Waals surface area contributed by atoms with Crippen molar-refractivity contribution in [3.05, 3.63) is 58.7 Å². The van der Waals surface area contributed by atoms with Gasteiger partial charge in [-0.25, -0.2) is 9.59 Å². The molecule has 1 amide bonds. The highest BCUT2D eigenvalue weighted by Gasteiger charge is 2.36. The molecule has 0 radical (unpaired) electrons. The molecule has 0 aromatic heterocycles. The van der Waals surface area contributed by atoms with Crippen LogP contribution in [0.2, 0.25) is 0 Å². The second kappa shape index (κ2) is 11.9. The summed E-state index contributed by atoms with van der Waals surface area (Å²) in [7, 11) is 1.09. The molecule has 12 heteroatoms. The summed E-state index contributed by atoms with van der Waals surface area (Å²) in [6.07, 6.45) is -12.8. The van der Waals surface area contributed by atoms with Gasteiger partial charge in [-0.15, -0.1) is 0 Å². The lowest BCUT2D eigenvalue weighted by atomic mass is 9.97. The zero-order chi connectivity index (χ0) is 27.0. The summed E-state index contributed by atoms with van der Waals surface area (Å²) in [5.74, 6) is -0.814. The second-order valence-corrected chi connectivity index (χ2v) is 8.35. The van der Waals surface area contributed by atoms with Crippen LogP contribution in [-0.2, 0) is 31.9 Å². The van der Waals surface area contributed by atoms with Crippen LogP contribution in [0.3, 0.4) is 0 Å². The van der Waals surface area contributed by atoms with Crippen molar-refractivity contribution in [1.82, 2.24) is 5.32 Å². The van der Waals surface area contributed by atoms with Crippen molar-refractivity contribution in [2.24, 2.45) is 0 Å². The summed E-state index contributed by atoms with van der Waals surface area (Å²) in [4.78, 5) is 35.5. The number of esters is 1. The maximum absolute atomic E-state index is 13.3. The van der Waals surface area contributed by atoms with Crippen LogP contribution in [0.1, 0.15) is 31.9 Å². The number of hydrogen-bond donors (Lipinski definition) is 1. The van der Waals surface area contributed by atoms with Crippen molar-refractivity contribution >= 4 is 18.3 Å². The van der Waals surface area contributed by atoms with Crippen LogP contribution >= 0.6 is 0 Å². The van der Waals surface area contributed by atoms with Crippen molar-refractivity contribution in [2.75, 3.05) is 7.11 Å². The fraction of sp³-hybridized carbons (Fsp3) is 0.435. The Morgan fingerprint density at radius 1 is 1.06 bits per heavy atom. The Morgan fingerprint density at radius 3 is 2.14 bits per heavy atom. The van der Waals surface area contributed by atoms with E-state index < -0.39 is 59.7 Å². The van der Waals surface area contributed by atoms with Crippen LogP contribution < -0.4 is 5.32 Å². The molecule has 0 saturated heterocycles. The van der Waals surface area contributed by atoms with E-state index >= 15 is 0 Å². The van der Waals surface area contributed by atoms with Gasteiger partial charge in [0.1, 0.15) is 17.9 Å². The van der Waals surface area contributed by atoms with Crippen molar-refractivity contribution in [3.8, 4) is 0 Å². The highest BCUT2D eigenvalue weighted by molar-refractivity contribution is 5.81. The van der Waals surface area contributed by atoms with Gasteiger partial charge in [0.25, 0.3) is 0 Å². The number of ether oxygens (including phenoxy) is 2. The third-order valence-electron chi connectivity index (χ3n) is 4.24. The van der Waals surface area contributed by atoms with Crippen molar-refractivity contribution in [2.45, 2.75) is 57.6 Å². The maximum atomic E-state index is 13.3. The second-order valence-electron chi connectivity index (χ2n) is 8.35. The number of carbonyl (C=O) groups excluding carboxylic acids is 3. The Labute approximate surface area is 198 Å². The molecule has 1 N–H and O–H groups in total. The molecule has 1 atom stereocenters. The fourth-order valence-corrected chi connectivity index (χ4v) is 2.87. The van der Waals surface area contributed by atoms with E-state index in [0.29, 0.717) is 5.56 Å². The molecule has 0 aliphatic heterocycles. The zero-order valence-electron chi connectivity index (χ0n) is 19.3. The van der Waals surface area contributed by atoms with E-state index in [4.69, 9.17) is 4.74 Å². The van der Waals surface area contributed by atoms with Crippen molar-refractivity contribution in [3.63, 3.8) is 0 Å². The van der Waals surface area contributed by atoms with E-state index in [9.17, 15) is 40.7 Å². The summed E-state index contributed by atoms with van der Waals surface area (Å²) < 4.78 is 86.9. The predicted molar refractivity (Wildman–Crippen MR) is 113 cm³/mol. The third kappa shape index (κ3) is 11.1. The molecule has 35 heavy (non-hydrogen) atoms. The number of carbonyl (C=O) groups is 3. The smallest absolute Gasteiger partial charge is 0.416 e. The van der Waals surface area contributed by atoms with Crippen LogP contribution in [0.25, 0.3) is 0 Å². The van der Waals surface area contributed by atoms with Gasteiger partial charge in [0.05, 0.1) is 12.7 Å². The van der Waals surface area contributed by atoms with Gasteiger partial charge in [-0.1, -0.05) is 24.3 Å². The number of benzene rings is 1. The SMILES string of the molecule is COC(=O)[C@H](Cc1cccc(C/C(C=O)=C(/C=CC(F)(F)F)C(F)(F)F)c1)NC(=O)OC(C)(C)C. The molecular formula is C23H25F6NO5. The van der Waals surface area contributed by atoms with Crippen molar-refractivity contribution in [1.29, 1.82) is 0 Å². The van der Waals surface area contributed by atoms with Crippen LogP contribution in [0.5, 0.6) is 0 Å². The van der Waals surface area contributed by atoms with Gasteiger partial charge in [0.2, 0.25) is 0 Å².